The Morgan fingerprint density at radius 2 is 1.78 bits per heavy atom. The van der Waals surface area contributed by atoms with Gasteiger partial charge in [0.1, 0.15) is 4.90 Å². The van der Waals surface area contributed by atoms with Gasteiger partial charge in [-0.3, -0.25) is 9.88 Å². The monoisotopic (exact) mass is 483 g/mol. The molecule has 4 rings (SSSR count). The normalized spacial score (nSPS) is 16.9. The molecular weight excluding hydrogens is 463 g/mol. The lowest BCUT2D eigenvalue weighted by atomic mass is 10.1. The molecule has 0 atom stereocenters. The fourth-order valence-electron chi connectivity index (χ4n) is 3.91. The van der Waals surface area contributed by atoms with Crippen LogP contribution in [-0.2, 0) is 22.7 Å². The molecule has 0 aliphatic carbocycles. The van der Waals surface area contributed by atoms with Gasteiger partial charge >= 0.3 is 6.18 Å². The standard InChI is InChI=1S/C22H21ClF3N3O2S/c23-19-14-17(22(24,25)26)6-7-21(19)32(30,31)29-11-3-10-28(12-13-29)15-16-8-9-27-20-5-2-1-4-18(16)20/h1-2,4-9,14H,3,10-13,15H2. The van der Waals surface area contributed by atoms with E-state index in [-0.39, 0.29) is 18.0 Å². The summed E-state index contributed by atoms with van der Waals surface area (Å²) in [5, 5.41) is 0.629. The highest BCUT2D eigenvalue weighted by Crippen LogP contribution is 2.34. The molecule has 0 radical (unpaired) electrons. The summed E-state index contributed by atoms with van der Waals surface area (Å²) in [6.45, 7) is 2.34. The van der Waals surface area contributed by atoms with Gasteiger partial charge in [-0.15, -0.1) is 0 Å². The van der Waals surface area contributed by atoms with Gasteiger partial charge in [0.05, 0.1) is 16.1 Å². The Bertz CT molecular complexity index is 1230. The minimum absolute atomic E-state index is 0.225. The zero-order valence-corrected chi connectivity index (χ0v) is 18.6. The van der Waals surface area contributed by atoms with Crippen LogP contribution in [0, 0.1) is 0 Å². The van der Waals surface area contributed by atoms with E-state index in [0.29, 0.717) is 32.1 Å². The van der Waals surface area contributed by atoms with Gasteiger partial charge in [0.25, 0.3) is 0 Å². The van der Waals surface area contributed by atoms with Gasteiger partial charge in [-0.25, -0.2) is 8.42 Å². The molecule has 3 aromatic rings. The summed E-state index contributed by atoms with van der Waals surface area (Å²) in [6, 6.07) is 12.2. The topological polar surface area (TPSA) is 53.5 Å². The number of hydrogen-bond donors (Lipinski definition) is 0. The first kappa shape index (κ1) is 23.0. The highest BCUT2D eigenvalue weighted by Gasteiger charge is 2.34. The van der Waals surface area contributed by atoms with Crippen molar-refractivity contribution in [2.45, 2.75) is 24.0 Å². The quantitative estimate of drug-likeness (QED) is 0.534. The second-order valence-corrected chi connectivity index (χ2v) is 9.98. The van der Waals surface area contributed by atoms with Crippen molar-refractivity contribution in [1.82, 2.24) is 14.2 Å². The second-order valence-electron chi connectivity index (χ2n) is 7.66. The summed E-state index contributed by atoms with van der Waals surface area (Å²) < 4.78 is 66.2. The number of hydrogen-bond acceptors (Lipinski definition) is 4. The maximum atomic E-state index is 13.1. The molecule has 32 heavy (non-hydrogen) atoms. The molecule has 1 saturated heterocycles. The van der Waals surface area contributed by atoms with Crippen molar-refractivity contribution in [3.05, 3.63) is 70.9 Å². The molecule has 2 heterocycles. The van der Waals surface area contributed by atoms with Crippen LogP contribution in [-0.4, -0.2) is 48.8 Å². The van der Waals surface area contributed by atoms with Crippen molar-refractivity contribution in [2.75, 3.05) is 26.2 Å². The molecule has 10 heteroatoms. The van der Waals surface area contributed by atoms with E-state index in [0.717, 1.165) is 28.6 Å². The highest BCUT2D eigenvalue weighted by molar-refractivity contribution is 7.89. The number of benzene rings is 2. The van der Waals surface area contributed by atoms with Gasteiger partial charge in [-0.05, 0) is 48.9 Å². The van der Waals surface area contributed by atoms with Crippen LogP contribution in [0.25, 0.3) is 10.9 Å². The molecule has 2 aromatic carbocycles. The molecule has 5 nitrogen and oxygen atoms in total. The minimum atomic E-state index is -4.59. The van der Waals surface area contributed by atoms with Crippen LogP contribution < -0.4 is 0 Å². The summed E-state index contributed by atoms with van der Waals surface area (Å²) >= 11 is 5.95. The van der Waals surface area contributed by atoms with Crippen LogP contribution in [0.2, 0.25) is 5.02 Å². The van der Waals surface area contributed by atoms with E-state index in [1.54, 1.807) is 6.20 Å². The van der Waals surface area contributed by atoms with Gasteiger partial charge in [-0.1, -0.05) is 29.8 Å². The molecule has 1 aromatic heterocycles. The average Bonchev–Trinajstić information content (AvgIpc) is 2.99. The van der Waals surface area contributed by atoms with E-state index in [9.17, 15) is 21.6 Å². The molecule has 0 spiro atoms. The predicted octanol–water partition coefficient (Wildman–Crippen LogP) is 4.80. The minimum Gasteiger partial charge on any atom is -0.298 e. The zero-order valence-electron chi connectivity index (χ0n) is 17.0. The first-order valence-electron chi connectivity index (χ1n) is 10.1. The van der Waals surface area contributed by atoms with E-state index in [1.165, 1.54) is 4.31 Å². The molecular formula is C22H21ClF3N3O2S. The summed E-state index contributed by atoms with van der Waals surface area (Å²) in [7, 11) is -4.01. The first-order chi connectivity index (χ1) is 15.2. The maximum absolute atomic E-state index is 13.1. The average molecular weight is 484 g/mol. The Kier molecular flexibility index (Phi) is 6.44. The third kappa shape index (κ3) is 4.76. The van der Waals surface area contributed by atoms with Gasteiger partial charge in [-0.2, -0.15) is 17.5 Å². The molecule has 1 aliphatic heterocycles. The van der Waals surface area contributed by atoms with E-state index >= 15 is 0 Å². The van der Waals surface area contributed by atoms with Crippen molar-refractivity contribution < 1.29 is 21.6 Å². The second kappa shape index (κ2) is 8.97. The Morgan fingerprint density at radius 3 is 2.53 bits per heavy atom. The molecule has 0 amide bonds. The summed E-state index contributed by atoms with van der Waals surface area (Å²) in [5.41, 5.74) is 1.03. The zero-order chi connectivity index (χ0) is 22.9. The highest BCUT2D eigenvalue weighted by atomic mass is 35.5. The lowest BCUT2D eigenvalue weighted by molar-refractivity contribution is -0.137. The Balaban J connectivity index is 1.50. The summed E-state index contributed by atoms with van der Waals surface area (Å²) in [5.74, 6) is 0. The molecule has 0 N–H and O–H groups in total. The lowest BCUT2D eigenvalue weighted by Crippen LogP contribution is -2.35. The smallest absolute Gasteiger partial charge is 0.298 e. The van der Waals surface area contributed by atoms with Crippen molar-refractivity contribution in [2.24, 2.45) is 0 Å². The summed E-state index contributed by atoms with van der Waals surface area (Å²) in [4.78, 5) is 6.24. The first-order valence-corrected chi connectivity index (χ1v) is 11.9. The summed E-state index contributed by atoms with van der Waals surface area (Å²) in [6.07, 6.45) is -2.23. The van der Waals surface area contributed by atoms with E-state index in [4.69, 9.17) is 11.6 Å². The van der Waals surface area contributed by atoms with Gasteiger partial charge in [0.2, 0.25) is 10.0 Å². The lowest BCUT2D eigenvalue weighted by Gasteiger charge is -2.23. The number of rotatable bonds is 4. The van der Waals surface area contributed by atoms with Crippen LogP contribution in [0.5, 0.6) is 0 Å². The SMILES string of the molecule is O=S(=O)(c1ccc(C(F)(F)F)cc1Cl)N1CCCN(Cc2ccnc3ccccc23)CC1. The van der Waals surface area contributed by atoms with Crippen molar-refractivity contribution in [1.29, 1.82) is 0 Å². The Labute approximate surface area is 189 Å². The van der Waals surface area contributed by atoms with Gasteiger partial charge in [0.15, 0.2) is 0 Å². The predicted molar refractivity (Wildman–Crippen MR) is 117 cm³/mol. The Hall–Kier alpha value is -2.20. The number of nitrogens with zero attached hydrogens (tertiary/aromatic N) is 3. The number of para-hydroxylation sites is 1. The largest absolute Gasteiger partial charge is 0.416 e. The number of pyridine rings is 1. The molecule has 0 bridgehead atoms. The van der Waals surface area contributed by atoms with Crippen molar-refractivity contribution in [3.8, 4) is 0 Å². The van der Waals surface area contributed by atoms with E-state index < -0.39 is 26.8 Å². The van der Waals surface area contributed by atoms with Gasteiger partial charge in [0, 0.05) is 37.8 Å². The van der Waals surface area contributed by atoms with Crippen LogP contribution in [0.3, 0.4) is 0 Å². The van der Waals surface area contributed by atoms with Crippen molar-refractivity contribution in [3.63, 3.8) is 0 Å². The van der Waals surface area contributed by atoms with Crippen LogP contribution in [0.15, 0.2) is 59.6 Å². The molecule has 1 aliphatic rings. The van der Waals surface area contributed by atoms with Crippen LogP contribution in [0.1, 0.15) is 17.5 Å². The van der Waals surface area contributed by atoms with E-state index in [2.05, 4.69) is 9.88 Å². The number of halogens is 4. The molecule has 0 unspecified atom stereocenters. The van der Waals surface area contributed by atoms with Crippen LogP contribution >= 0.6 is 11.6 Å². The number of aromatic nitrogens is 1. The number of alkyl halides is 3. The van der Waals surface area contributed by atoms with Crippen molar-refractivity contribution >= 4 is 32.5 Å². The fourth-order valence-corrected chi connectivity index (χ4v) is 5.89. The fraction of sp³-hybridized carbons (Fsp3) is 0.318. The third-order valence-corrected chi connectivity index (χ3v) is 7.94. The van der Waals surface area contributed by atoms with E-state index in [1.807, 2.05) is 30.3 Å². The van der Waals surface area contributed by atoms with Gasteiger partial charge < -0.3 is 0 Å². The number of fused-ring (bicyclic) bond motifs is 1. The Morgan fingerprint density at radius 1 is 1.00 bits per heavy atom. The molecule has 170 valence electrons. The van der Waals surface area contributed by atoms with Crippen LogP contribution in [0.4, 0.5) is 13.2 Å². The number of sulfonamides is 1. The maximum Gasteiger partial charge on any atom is 0.416 e. The third-order valence-electron chi connectivity index (χ3n) is 5.56. The molecule has 0 saturated carbocycles. The molecule has 1 fully saturated rings.